The second-order valence-corrected chi connectivity index (χ2v) is 8.76. The van der Waals surface area contributed by atoms with E-state index >= 15 is 0 Å². The van der Waals surface area contributed by atoms with E-state index < -0.39 is 6.10 Å². The van der Waals surface area contributed by atoms with Crippen LogP contribution in [0.5, 0.6) is 0 Å². The van der Waals surface area contributed by atoms with Crippen molar-refractivity contribution in [1.29, 1.82) is 0 Å². The Morgan fingerprint density at radius 3 is 2.50 bits per heavy atom. The lowest BCUT2D eigenvalue weighted by Crippen LogP contribution is -2.47. The highest BCUT2D eigenvalue weighted by molar-refractivity contribution is 5.92. The molecule has 0 spiro atoms. The first-order chi connectivity index (χ1) is 14.4. The van der Waals surface area contributed by atoms with Gasteiger partial charge in [-0.2, -0.15) is 0 Å². The van der Waals surface area contributed by atoms with Crippen LogP contribution in [0.3, 0.4) is 0 Å². The summed E-state index contributed by atoms with van der Waals surface area (Å²) in [7, 11) is 0. The number of carbonyl (C=O) groups excluding carboxylic acids is 1. The maximum absolute atomic E-state index is 11.9. The lowest BCUT2D eigenvalue weighted by atomic mass is 9.97. The van der Waals surface area contributed by atoms with Crippen molar-refractivity contribution in [2.24, 2.45) is 0 Å². The minimum atomic E-state index is -0.504. The molecule has 0 aliphatic carbocycles. The summed E-state index contributed by atoms with van der Waals surface area (Å²) in [5, 5.41) is 10.9. The molecule has 30 heavy (non-hydrogen) atoms. The minimum absolute atomic E-state index is 0.0889. The van der Waals surface area contributed by atoms with Gasteiger partial charge in [0.05, 0.1) is 6.10 Å². The molecule has 0 saturated carbocycles. The van der Waals surface area contributed by atoms with Gasteiger partial charge in [0.1, 0.15) is 0 Å². The van der Waals surface area contributed by atoms with Crippen molar-refractivity contribution >= 4 is 17.3 Å². The topological polar surface area (TPSA) is 47.0 Å². The number of anilines is 2. The van der Waals surface area contributed by atoms with E-state index in [-0.39, 0.29) is 5.91 Å². The highest BCUT2D eigenvalue weighted by Crippen LogP contribution is 2.30. The average Bonchev–Trinajstić information content (AvgIpc) is 2.75. The van der Waals surface area contributed by atoms with E-state index in [0.29, 0.717) is 6.54 Å². The first kappa shape index (κ1) is 20.9. The number of aryl methyl sites for hydroxylation is 3. The molecular formula is C25H33N3O2. The van der Waals surface area contributed by atoms with Crippen LogP contribution in [-0.2, 0) is 11.2 Å². The molecule has 0 bridgehead atoms. The largest absolute Gasteiger partial charge is 0.387 e. The van der Waals surface area contributed by atoms with E-state index in [4.69, 9.17) is 0 Å². The summed E-state index contributed by atoms with van der Waals surface area (Å²) in [5.41, 5.74) is 7.09. The number of rotatable bonds is 4. The number of carbonyl (C=O) groups is 1. The van der Waals surface area contributed by atoms with Gasteiger partial charge in [-0.1, -0.05) is 24.3 Å². The Balaban J connectivity index is 1.38. The molecule has 160 valence electrons. The first-order valence-corrected chi connectivity index (χ1v) is 11.1. The molecule has 1 unspecified atom stereocenters. The van der Waals surface area contributed by atoms with Gasteiger partial charge in [-0.05, 0) is 61.1 Å². The van der Waals surface area contributed by atoms with E-state index in [2.05, 4.69) is 47.9 Å². The van der Waals surface area contributed by atoms with Gasteiger partial charge in [0.25, 0.3) is 0 Å². The third-order valence-electron chi connectivity index (χ3n) is 6.50. The number of nitrogens with zero attached hydrogens (tertiary/aromatic N) is 3. The third-order valence-corrected chi connectivity index (χ3v) is 6.50. The van der Waals surface area contributed by atoms with E-state index in [1.165, 1.54) is 22.4 Å². The number of fused-ring (bicyclic) bond motifs is 1. The van der Waals surface area contributed by atoms with Gasteiger partial charge in [0.2, 0.25) is 5.91 Å². The van der Waals surface area contributed by atoms with Gasteiger partial charge in [-0.25, -0.2) is 0 Å². The van der Waals surface area contributed by atoms with E-state index in [1.807, 2.05) is 17.0 Å². The Hall–Kier alpha value is -2.37. The van der Waals surface area contributed by atoms with Gasteiger partial charge in [0, 0.05) is 57.6 Å². The van der Waals surface area contributed by atoms with Crippen LogP contribution in [0.15, 0.2) is 36.4 Å². The van der Waals surface area contributed by atoms with Crippen LogP contribution in [0.2, 0.25) is 0 Å². The molecule has 2 aromatic carbocycles. The molecule has 0 radical (unpaired) electrons. The molecule has 1 amide bonds. The molecule has 5 nitrogen and oxygen atoms in total. The molecule has 2 aromatic rings. The molecule has 0 aromatic heterocycles. The lowest BCUT2D eigenvalue weighted by Gasteiger charge is -2.38. The van der Waals surface area contributed by atoms with Crippen molar-refractivity contribution in [3.63, 3.8) is 0 Å². The van der Waals surface area contributed by atoms with Crippen molar-refractivity contribution in [2.45, 2.75) is 39.7 Å². The smallest absolute Gasteiger partial charge is 0.223 e. The zero-order valence-electron chi connectivity index (χ0n) is 18.4. The number of aliphatic hydroxyl groups is 1. The Morgan fingerprint density at radius 2 is 1.77 bits per heavy atom. The zero-order valence-corrected chi connectivity index (χ0v) is 18.4. The van der Waals surface area contributed by atoms with Crippen LogP contribution in [0.25, 0.3) is 0 Å². The molecule has 1 atom stereocenters. The quantitative estimate of drug-likeness (QED) is 0.843. The fraction of sp³-hybridized carbons (Fsp3) is 0.480. The van der Waals surface area contributed by atoms with E-state index in [0.717, 1.165) is 56.8 Å². The summed E-state index contributed by atoms with van der Waals surface area (Å²) in [5.74, 6) is 0.0889. The highest BCUT2D eigenvalue weighted by Gasteiger charge is 2.24. The molecule has 4 rings (SSSR count). The molecule has 2 aliphatic heterocycles. The zero-order chi connectivity index (χ0) is 21.3. The van der Waals surface area contributed by atoms with Crippen LogP contribution in [0.1, 0.15) is 41.7 Å². The highest BCUT2D eigenvalue weighted by atomic mass is 16.3. The first-order valence-electron chi connectivity index (χ1n) is 11.1. The standard InChI is InChI=1S/C25H33N3O2/c1-18-6-7-19(2)24(15-18)27-13-11-26(12-14-27)17-25(30)22-8-9-23-21(16-22)5-4-10-28(23)20(3)29/h6-9,15-16,25,30H,4-5,10-14,17H2,1-3H3. The summed E-state index contributed by atoms with van der Waals surface area (Å²) in [6.07, 6.45) is 1.44. The Labute approximate surface area is 179 Å². The molecule has 1 N–H and O–H groups in total. The molecular weight excluding hydrogens is 374 g/mol. The van der Waals surface area contributed by atoms with Crippen LogP contribution in [0.4, 0.5) is 11.4 Å². The number of hydrogen-bond donors (Lipinski definition) is 1. The van der Waals surface area contributed by atoms with Crippen molar-refractivity contribution < 1.29 is 9.90 Å². The molecule has 2 heterocycles. The number of aliphatic hydroxyl groups excluding tert-OH is 1. The van der Waals surface area contributed by atoms with Crippen LogP contribution in [0, 0.1) is 13.8 Å². The third kappa shape index (κ3) is 4.37. The van der Waals surface area contributed by atoms with Crippen LogP contribution in [-0.4, -0.2) is 55.2 Å². The summed E-state index contributed by atoms with van der Waals surface area (Å²) in [6.45, 7) is 11.2. The Morgan fingerprint density at radius 1 is 1.00 bits per heavy atom. The monoisotopic (exact) mass is 407 g/mol. The lowest BCUT2D eigenvalue weighted by molar-refractivity contribution is -0.116. The number of β-amino-alcohol motifs (C(OH)–C–C–N with tert-alkyl or cyclic N) is 1. The van der Waals surface area contributed by atoms with E-state index in [1.54, 1.807) is 6.92 Å². The Bertz CT molecular complexity index is 919. The average molecular weight is 408 g/mol. The second kappa shape index (κ2) is 8.78. The van der Waals surface area contributed by atoms with Gasteiger partial charge < -0.3 is 14.9 Å². The predicted molar refractivity (Wildman–Crippen MR) is 122 cm³/mol. The molecule has 5 heteroatoms. The van der Waals surface area contributed by atoms with Gasteiger partial charge >= 0.3 is 0 Å². The van der Waals surface area contributed by atoms with Crippen molar-refractivity contribution in [2.75, 3.05) is 49.1 Å². The SMILES string of the molecule is CC(=O)N1CCCc2cc(C(O)CN3CCN(c4cc(C)ccc4C)CC3)ccc21. The fourth-order valence-electron chi connectivity index (χ4n) is 4.73. The van der Waals surface area contributed by atoms with Crippen molar-refractivity contribution in [1.82, 2.24) is 4.90 Å². The summed E-state index contributed by atoms with van der Waals surface area (Å²) in [6, 6.07) is 12.7. The normalized spacial score (nSPS) is 18.3. The van der Waals surface area contributed by atoms with Crippen molar-refractivity contribution in [3.05, 3.63) is 58.7 Å². The van der Waals surface area contributed by atoms with Gasteiger partial charge in [0.15, 0.2) is 0 Å². The van der Waals surface area contributed by atoms with Gasteiger partial charge in [-0.15, -0.1) is 0 Å². The number of piperazine rings is 1. The second-order valence-electron chi connectivity index (χ2n) is 8.76. The summed E-state index contributed by atoms with van der Waals surface area (Å²) in [4.78, 5) is 18.5. The number of benzene rings is 2. The summed E-state index contributed by atoms with van der Waals surface area (Å²) >= 11 is 0. The summed E-state index contributed by atoms with van der Waals surface area (Å²) < 4.78 is 0. The maximum Gasteiger partial charge on any atom is 0.223 e. The Kier molecular flexibility index (Phi) is 6.11. The fourth-order valence-corrected chi connectivity index (χ4v) is 4.73. The predicted octanol–water partition coefficient (Wildman–Crippen LogP) is 3.46. The molecule has 2 aliphatic rings. The number of hydrogen-bond acceptors (Lipinski definition) is 4. The van der Waals surface area contributed by atoms with E-state index in [9.17, 15) is 9.90 Å². The van der Waals surface area contributed by atoms with Crippen LogP contribution < -0.4 is 9.80 Å². The minimum Gasteiger partial charge on any atom is -0.387 e. The van der Waals surface area contributed by atoms with Crippen LogP contribution >= 0.6 is 0 Å². The van der Waals surface area contributed by atoms with Crippen molar-refractivity contribution in [3.8, 4) is 0 Å². The van der Waals surface area contributed by atoms with Gasteiger partial charge in [-0.3, -0.25) is 9.69 Å². The molecule has 1 saturated heterocycles. The maximum atomic E-state index is 11.9. The number of amides is 1. The molecule has 1 fully saturated rings.